The van der Waals surface area contributed by atoms with Crippen molar-refractivity contribution in [2.75, 3.05) is 13.1 Å². The van der Waals surface area contributed by atoms with Crippen molar-refractivity contribution in [1.29, 1.82) is 0 Å². The number of thiazole rings is 1. The van der Waals surface area contributed by atoms with E-state index in [-0.39, 0.29) is 0 Å². The van der Waals surface area contributed by atoms with Gasteiger partial charge in [-0.2, -0.15) is 0 Å². The minimum atomic E-state index is 0.581. The summed E-state index contributed by atoms with van der Waals surface area (Å²) in [5, 5.41) is 4.85. The third kappa shape index (κ3) is 3.03. The molecule has 0 aliphatic carbocycles. The van der Waals surface area contributed by atoms with Crippen LogP contribution in [-0.4, -0.2) is 35.1 Å². The third-order valence-electron chi connectivity index (χ3n) is 4.03. The lowest BCUT2D eigenvalue weighted by atomic mass is 10.1. The van der Waals surface area contributed by atoms with Crippen LogP contribution in [0.1, 0.15) is 31.7 Å². The molecule has 2 atom stereocenters. The molecule has 2 unspecified atom stereocenters. The number of nitrogens with one attached hydrogen (secondary N) is 1. The van der Waals surface area contributed by atoms with Crippen LogP contribution in [0, 0.1) is 0 Å². The van der Waals surface area contributed by atoms with E-state index < -0.39 is 0 Å². The number of rotatable bonds is 4. The maximum Gasteiger partial charge on any atom is 0.108 e. The molecule has 1 N–H and O–H groups in total. The first kappa shape index (κ1) is 14.0. The van der Waals surface area contributed by atoms with Crippen molar-refractivity contribution in [3.63, 3.8) is 0 Å². The smallest absolute Gasteiger partial charge is 0.108 e. The van der Waals surface area contributed by atoms with E-state index in [9.17, 15) is 0 Å². The fourth-order valence-corrected chi connectivity index (χ4v) is 4.00. The standard InChI is InChI=1S/C16H23N3S/c1-3-6-13-9-17-12(2)10-19(13)11-16-18-14-7-4-5-8-15(14)20-16/h4-5,7-8,12-13,17H,3,6,9-11H2,1-2H3. The Labute approximate surface area is 125 Å². The molecule has 2 aromatic rings. The van der Waals surface area contributed by atoms with E-state index >= 15 is 0 Å². The molecule has 108 valence electrons. The van der Waals surface area contributed by atoms with Gasteiger partial charge in [0.25, 0.3) is 0 Å². The van der Waals surface area contributed by atoms with Gasteiger partial charge in [-0.05, 0) is 25.5 Å². The summed E-state index contributed by atoms with van der Waals surface area (Å²) in [5.41, 5.74) is 1.14. The number of nitrogens with zero attached hydrogens (tertiary/aromatic N) is 2. The fraction of sp³-hybridized carbons (Fsp3) is 0.562. The molecule has 2 heterocycles. The van der Waals surface area contributed by atoms with Crippen molar-refractivity contribution < 1.29 is 0 Å². The summed E-state index contributed by atoms with van der Waals surface area (Å²) in [6.07, 6.45) is 2.52. The van der Waals surface area contributed by atoms with Crippen molar-refractivity contribution in [1.82, 2.24) is 15.2 Å². The summed E-state index contributed by atoms with van der Waals surface area (Å²) < 4.78 is 1.30. The first-order chi connectivity index (χ1) is 9.76. The van der Waals surface area contributed by atoms with Gasteiger partial charge in [-0.15, -0.1) is 11.3 Å². The Morgan fingerprint density at radius 3 is 3.05 bits per heavy atom. The van der Waals surface area contributed by atoms with Gasteiger partial charge in [-0.3, -0.25) is 4.90 Å². The molecule has 4 heteroatoms. The maximum absolute atomic E-state index is 4.78. The number of piperazine rings is 1. The van der Waals surface area contributed by atoms with Crippen molar-refractivity contribution >= 4 is 21.6 Å². The molecule has 3 rings (SSSR count). The van der Waals surface area contributed by atoms with Crippen molar-refractivity contribution in [3.05, 3.63) is 29.3 Å². The number of para-hydroxylation sites is 1. The molecule has 0 bridgehead atoms. The molecule has 1 saturated heterocycles. The predicted molar refractivity (Wildman–Crippen MR) is 86.2 cm³/mol. The third-order valence-corrected chi connectivity index (χ3v) is 5.05. The zero-order chi connectivity index (χ0) is 13.9. The van der Waals surface area contributed by atoms with E-state index in [4.69, 9.17) is 4.98 Å². The van der Waals surface area contributed by atoms with Gasteiger partial charge in [-0.1, -0.05) is 25.5 Å². The van der Waals surface area contributed by atoms with Crippen molar-refractivity contribution in [3.8, 4) is 0 Å². The molecule has 1 fully saturated rings. The second-order valence-corrected chi connectivity index (χ2v) is 6.87. The first-order valence-electron chi connectivity index (χ1n) is 7.58. The first-order valence-corrected chi connectivity index (χ1v) is 8.39. The van der Waals surface area contributed by atoms with Crippen LogP contribution in [0.5, 0.6) is 0 Å². The van der Waals surface area contributed by atoms with Crippen LogP contribution in [0.15, 0.2) is 24.3 Å². The van der Waals surface area contributed by atoms with Crippen LogP contribution < -0.4 is 5.32 Å². The Bertz CT molecular complexity index is 533. The minimum Gasteiger partial charge on any atom is -0.311 e. The van der Waals surface area contributed by atoms with Gasteiger partial charge in [0.15, 0.2) is 0 Å². The van der Waals surface area contributed by atoms with Gasteiger partial charge in [0.2, 0.25) is 0 Å². The number of hydrogen-bond acceptors (Lipinski definition) is 4. The maximum atomic E-state index is 4.78. The highest BCUT2D eigenvalue weighted by atomic mass is 32.1. The molecule has 20 heavy (non-hydrogen) atoms. The van der Waals surface area contributed by atoms with Gasteiger partial charge in [0.1, 0.15) is 5.01 Å². The average Bonchev–Trinajstić information content (AvgIpc) is 2.84. The van der Waals surface area contributed by atoms with Crippen LogP contribution in [0.4, 0.5) is 0 Å². The van der Waals surface area contributed by atoms with Gasteiger partial charge in [0, 0.05) is 25.2 Å². The van der Waals surface area contributed by atoms with Crippen LogP contribution in [0.3, 0.4) is 0 Å². The molecular formula is C16H23N3S. The summed E-state index contributed by atoms with van der Waals surface area (Å²) in [6, 6.07) is 9.68. The molecule has 3 nitrogen and oxygen atoms in total. The van der Waals surface area contributed by atoms with Crippen LogP contribution in [-0.2, 0) is 6.54 Å². The lowest BCUT2D eigenvalue weighted by Gasteiger charge is -2.39. The molecule has 0 saturated carbocycles. The summed E-state index contributed by atoms with van der Waals surface area (Å²) in [4.78, 5) is 7.40. The van der Waals surface area contributed by atoms with E-state index in [1.807, 2.05) is 11.3 Å². The van der Waals surface area contributed by atoms with E-state index in [1.165, 1.54) is 22.5 Å². The zero-order valence-corrected chi connectivity index (χ0v) is 13.1. The molecule has 1 aromatic heterocycles. The van der Waals surface area contributed by atoms with E-state index in [1.54, 1.807) is 0 Å². The van der Waals surface area contributed by atoms with Crippen LogP contribution >= 0.6 is 11.3 Å². The molecule has 1 aliphatic heterocycles. The van der Waals surface area contributed by atoms with Crippen molar-refractivity contribution in [2.24, 2.45) is 0 Å². The molecule has 0 spiro atoms. The molecule has 1 aliphatic rings. The second kappa shape index (κ2) is 6.20. The number of hydrogen-bond donors (Lipinski definition) is 1. The Balaban J connectivity index is 1.76. The topological polar surface area (TPSA) is 28.2 Å². The van der Waals surface area contributed by atoms with E-state index in [0.717, 1.165) is 25.2 Å². The van der Waals surface area contributed by atoms with Crippen molar-refractivity contribution in [2.45, 2.75) is 45.3 Å². The Kier molecular flexibility index (Phi) is 4.34. The highest BCUT2D eigenvalue weighted by Crippen LogP contribution is 2.24. The Morgan fingerprint density at radius 2 is 2.25 bits per heavy atom. The second-order valence-electron chi connectivity index (χ2n) is 5.76. The van der Waals surface area contributed by atoms with Gasteiger partial charge in [0.05, 0.1) is 16.8 Å². The quantitative estimate of drug-likeness (QED) is 0.936. The Hall–Kier alpha value is -0.970. The number of benzene rings is 1. The number of fused-ring (bicyclic) bond motifs is 1. The molecule has 1 aromatic carbocycles. The lowest BCUT2D eigenvalue weighted by Crippen LogP contribution is -2.54. The molecule has 0 amide bonds. The SMILES string of the molecule is CCCC1CNC(C)CN1Cc1nc2ccccc2s1. The predicted octanol–water partition coefficient (Wildman–Crippen LogP) is 3.26. The average molecular weight is 289 g/mol. The lowest BCUT2D eigenvalue weighted by molar-refractivity contribution is 0.120. The Morgan fingerprint density at radius 1 is 1.40 bits per heavy atom. The molecule has 0 radical (unpaired) electrons. The van der Waals surface area contributed by atoms with E-state index in [2.05, 4.69) is 48.3 Å². The van der Waals surface area contributed by atoms with Gasteiger partial charge >= 0.3 is 0 Å². The normalized spacial score (nSPS) is 24.3. The summed E-state index contributed by atoms with van der Waals surface area (Å²) in [5.74, 6) is 0. The summed E-state index contributed by atoms with van der Waals surface area (Å²) in [7, 11) is 0. The van der Waals surface area contributed by atoms with Gasteiger partial charge < -0.3 is 5.32 Å². The highest BCUT2D eigenvalue weighted by Gasteiger charge is 2.25. The van der Waals surface area contributed by atoms with Gasteiger partial charge in [-0.25, -0.2) is 4.98 Å². The van der Waals surface area contributed by atoms with Crippen LogP contribution in [0.25, 0.3) is 10.2 Å². The minimum absolute atomic E-state index is 0.581. The highest BCUT2D eigenvalue weighted by molar-refractivity contribution is 7.18. The molecular weight excluding hydrogens is 266 g/mol. The fourth-order valence-electron chi connectivity index (χ4n) is 3.00. The van der Waals surface area contributed by atoms with E-state index in [0.29, 0.717) is 12.1 Å². The largest absolute Gasteiger partial charge is 0.311 e. The number of aromatic nitrogens is 1. The monoisotopic (exact) mass is 289 g/mol. The summed E-state index contributed by atoms with van der Waals surface area (Å²) in [6.45, 7) is 7.78. The van der Waals surface area contributed by atoms with Crippen LogP contribution in [0.2, 0.25) is 0 Å². The summed E-state index contributed by atoms with van der Waals surface area (Å²) >= 11 is 1.84. The zero-order valence-electron chi connectivity index (χ0n) is 12.3.